The molecule has 0 bridgehead atoms. The molecule has 0 aliphatic rings. The van der Waals surface area contributed by atoms with Gasteiger partial charge in [-0.05, 0) is 26.3 Å². The number of benzene rings is 1. The highest BCUT2D eigenvalue weighted by molar-refractivity contribution is 6.38. The first-order valence-corrected chi connectivity index (χ1v) is 6.21. The summed E-state index contributed by atoms with van der Waals surface area (Å²) in [6, 6.07) is 9.04. The minimum Gasteiger partial charge on any atom is -0.454 e. The molecular formula is C15H18O5. The van der Waals surface area contributed by atoms with Gasteiger partial charge in [0.15, 0.2) is 12.4 Å². The van der Waals surface area contributed by atoms with Gasteiger partial charge in [0.2, 0.25) is 0 Å². The number of esters is 1. The number of carbonyl (C=O) groups is 3. The zero-order chi connectivity index (χ0) is 15.2. The van der Waals surface area contributed by atoms with Crippen LogP contribution in [-0.2, 0) is 30.5 Å². The van der Waals surface area contributed by atoms with E-state index in [0.29, 0.717) is 6.29 Å². The predicted molar refractivity (Wildman–Crippen MR) is 71.9 cm³/mol. The summed E-state index contributed by atoms with van der Waals surface area (Å²) in [6.07, 6.45) is -1.14. The van der Waals surface area contributed by atoms with Crippen molar-refractivity contribution in [3.8, 4) is 0 Å². The van der Waals surface area contributed by atoms with Gasteiger partial charge in [0, 0.05) is 0 Å². The first kappa shape index (κ1) is 16.0. The molecule has 20 heavy (non-hydrogen) atoms. The van der Waals surface area contributed by atoms with Crippen molar-refractivity contribution in [2.75, 3.05) is 0 Å². The van der Waals surface area contributed by atoms with E-state index >= 15 is 0 Å². The van der Waals surface area contributed by atoms with Gasteiger partial charge in [-0.2, -0.15) is 0 Å². The normalized spacial score (nSPS) is 12.6. The molecule has 1 rings (SSSR count). The lowest BCUT2D eigenvalue weighted by Gasteiger charge is -2.19. The lowest BCUT2D eigenvalue weighted by Crippen LogP contribution is -2.37. The maximum atomic E-state index is 11.7. The molecule has 108 valence electrons. The molecule has 0 radical (unpaired) electrons. The Kier molecular flexibility index (Phi) is 5.58. The molecule has 0 spiro atoms. The largest absolute Gasteiger partial charge is 0.454 e. The second-order valence-corrected chi connectivity index (χ2v) is 5.22. The van der Waals surface area contributed by atoms with E-state index in [1.165, 1.54) is 0 Å². The third-order valence-corrected chi connectivity index (χ3v) is 2.25. The summed E-state index contributed by atoms with van der Waals surface area (Å²) in [5, 5.41) is 0. The van der Waals surface area contributed by atoms with Crippen molar-refractivity contribution in [1.29, 1.82) is 0 Å². The summed E-state index contributed by atoms with van der Waals surface area (Å²) in [6.45, 7) is 4.98. The van der Waals surface area contributed by atoms with Crippen LogP contribution < -0.4 is 0 Å². The van der Waals surface area contributed by atoms with E-state index < -0.39 is 23.5 Å². The molecule has 1 atom stereocenters. The molecule has 1 aromatic rings. The number of hydrogen-bond donors (Lipinski definition) is 0. The monoisotopic (exact) mass is 278 g/mol. The Morgan fingerprint density at radius 2 is 1.80 bits per heavy atom. The second-order valence-electron chi connectivity index (χ2n) is 5.22. The Hall–Kier alpha value is -2.01. The molecule has 0 aliphatic heterocycles. The molecule has 0 aliphatic carbocycles. The minimum absolute atomic E-state index is 0.0682. The fourth-order valence-electron chi connectivity index (χ4n) is 1.38. The van der Waals surface area contributed by atoms with E-state index in [9.17, 15) is 14.4 Å². The highest BCUT2D eigenvalue weighted by Gasteiger charge is 2.30. The lowest BCUT2D eigenvalue weighted by atomic mass is 10.2. The Morgan fingerprint density at radius 1 is 1.20 bits per heavy atom. The van der Waals surface area contributed by atoms with Crippen molar-refractivity contribution in [3.63, 3.8) is 0 Å². The van der Waals surface area contributed by atoms with E-state index in [1.54, 1.807) is 32.9 Å². The maximum Gasteiger partial charge on any atom is 0.378 e. The average molecular weight is 278 g/mol. The van der Waals surface area contributed by atoms with E-state index in [-0.39, 0.29) is 6.61 Å². The van der Waals surface area contributed by atoms with Crippen LogP contribution in [0.15, 0.2) is 30.3 Å². The average Bonchev–Trinajstić information content (AvgIpc) is 2.38. The summed E-state index contributed by atoms with van der Waals surface area (Å²) in [5.74, 6) is -2.06. The molecule has 5 nitrogen and oxygen atoms in total. The topological polar surface area (TPSA) is 69.7 Å². The number of hydrogen-bond acceptors (Lipinski definition) is 5. The van der Waals surface area contributed by atoms with E-state index in [0.717, 1.165) is 5.56 Å². The van der Waals surface area contributed by atoms with Crippen LogP contribution in [0.5, 0.6) is 0 Å². The van der Waals surface area contributed by atoms with Gasteiger partial charge in [0.25, 0.3) is 5.78 Å². The maximum absolute atomic E-state index is 11.7. The number of ether oxygens (including phenoxy) is 2. The summed E-state index contributed by atoms with van der Waals surface area (Å²) >= 11 is 0. The summed E-state index contributed by atoms with van der Waals surface area (Å²) in [5.41, 5.74) is 0.0101. The van der Waals surface area contributed by atoms with Crippen LogP contribution >= 0.6 is 0 Å². The van der Waals surface area contributed by atoms with E-state index in [1.807, 2.05) is 18.2 Å². The van der Waals surface area contributed by atoms with E-state index in [2.05, 4.69) is 0 Å². The van der Waals surface area contributed by atoms with Gasteiger partial charge in [-0.15, -0.1) is 0 Å². The number of rotatable bonds is 6. The minimum atomic E-state index is -1.44. The van der Waals surface area contributed by atoms with Crippen molar-refractivity contribution < 1.29 is 23.9 Å². The van der Waals surface area contributed by atoms with Crippen molar-refractivity contribution >= 4 is 18.0 Å². The first-order chi connectivity index (χ1) is 9.33. The Bertz CT molecular complexity index is 473. The third kappa shape index (κ3) is 5.32. The molecule has 0 fully saturated rings. The SMILES string of the molecule is CC(C)(C)OC(=O)C(=O)C(C=O)OCc1ccccc1. The summed E-state index contributed by atoms with van der Waals surface area (Å²) < 4.78 is 10.1. The highest BCUT2D eigenvalue weighted by atomic mass is 16.6. The zero-order valence-electron chi connectivity index (χ0n) is 11.8. The Morgan fingerprint density at radius 3 is 2.30 bits per heavy atom. The van der Waals surface area contributed by atoms with Crippen molar-refractivity contribution in [2.45, 2.75) is 39.1 Å². The van der Waals surface area contributed by atoms with Gasteiger partial charge >= 0.3 is 5.97 Å². The first-order valence-electron chi connectivity index (χ1n) is 6.21. The smallest absolute Gasteiger partial charge is 0.378 e. The van der Waals surface area contributed by atoms with Crippen LogP contribution in [0.2, 0.25) is 0 Å². The third-order valence-electron chi connectivity index (χ3n) is 2.25. The molecule has 1 aromatic carbocycles. The quantitative estimate of drug-likeness (QED) is 0.343. The second kappa shape index (κ2) is 6.96. The van der Waals surface area contributed by atoms with Gasteiger partial charge in [0.05, 0.1) is 6.61 Å². The molecule has 0 aromatic heterocycles. The predicted octanol–water partition coefficient (Wildman–Crippen LogP) is 1.68. The van der Waals surface area contributed by atoms with Crippen molar-refractivity contribution in [2.24, 2.45) is 0 Å². The molecule has 1 unspecified atom stereocenters. The van der Waals surface area contributed by atoms with Crippen molar-refractivity contribution in [1.82, 2.24) is 0 Å². The van der Waals surface area contributed by atoms with Crippen LogP contribution in [0.4, 0.5) is 0 Å². The van der Waals surface area contributed by atoms with Gasteiger partial charge < -0.3 is 9.47 Å². The fourth-order valence-corrected chi connectivity index (χ4v) is 1.38. The zero-order valence-corrected chi connectivity index (χ0v) is 11.8. The molecule has 0 N–H and O–H groups in total. The Balaban J connectivity index is 2.60. The molecule has 0 saturated heterocycles. The molecular weight excluding hydrogens is 260 g/mol. The molecule has 0 heterocycles. The van der Waals surface area contributed by atoms with Gasteiger partial charge in [-0.3, -0.25) is 9.59 Å². The van der Waals surface area contributed by atoms with Gasteiger partial charge in [0.1, 0.15) is 5.60 Å². The van der Waals surface area contributed by atoms with Crippen molar-refractivity contribution in [3.05, 3.63) is 35.9 Å². The summed E-state index contributed by atoms with van der Waals surface area (Å²) in [7, 11) is 0. The van der Waals surface area contributed by atoms with Crippen LogP contribution in [0.3, 0.4) is 0 Å². The fraction of sp³-hybridized carbons (Fsp3) is 0.400. The van der Waals surface area contributed by atoms with Crippen LogP contribution in [-0.4, -0.2) is 29.7 Å². The van der Waals surface area contributed by atoms with Crippen LogP contribution in [0.25, 0.3) is 0 Å². The highest BCUT2D eigenvalue weighted by Crippen LogP contribution is 2.09. The standard InChI is InChI=1S/C15H18O5/c1-15(2,3)20-14(18)13(17)12(9-16)19-10-11-7-5-4-6-8-11/h4-9,12H,10H2,1-3H3. The van der Waals surface area contributed by atoms with Crippen LogP contribution in [0.1, 0.15) is 26.3 Å². The van der Waals surface area contributed by atoms with Gasteiger partial charge in [-0.25, -0.2) is 4.79 Å². The molecule has 0 saturated carbocycles. The van der Waals surface area contributed by atoms with Gasteiger partial charge in [-0.1, -0.05) is 30.3 Å². The number of aldehydes is 1. The number of ketones is 1. The lowest BCUT2D eigenvalue weighted by molar-refractivity contribution is -0.167. The van der Waals surface area contributed by atoms with Crippen LogP contribution in [0, 0.1) is 0 Å². The molecule has 5 heteroatoms. The van der Waals surface area contributed by atoms with E-state index in [4.69, 9.17) is 9.47 Å². The number of Topliss-reactive ketones (excluding diaryl/α,β-unsaturated/α-hetero) is 1. The Labute approximate surface area is 117 Å². The molecule has 0 amide bonds. The number of carbonyl (C=O) groups excluding carboxylic acids is 3. The summed E-state index contributed by atoms with van der Waals surface area (Å²) in [4.78, 5) is 34.2.